The summed E-state index contributed by atoms with van der Waals surface area (Å²) in [7, 11) is -1.37. The third-order valence-corrected chi connectivity index (χ3v) is 3.78. The van der Waals surface area contributed by atoms with E-state index in [1.807, 2.05) is 25.1 Å². The molecule has 0 aromatic heterocycles. The van der Waals surface area contributed by atoms with Gasteiger partial charge in [0.25, 0.3) is 0 Å². The lowest BCUT2D eigenvalue weighted by atomic mass is 10.0. The number of rotatable bonds is 6. The van der Waals surface area contributed by atoms with Gasteiger partial charge in [-0.1, -0.05) is 12.1 Å². The highest BCUT2D eigenvalue weighted by Crippen LogP contribution is 2.24. The molecule has 0 aliphatic rings. The lowest BCUT2D eigenvalue weighted by Gasteiger charge is -2.17. The molecule has 102 valence electrons. The molecule has 6 heteroatoms. The maximum absolute atomic E-state index is 11.2. The minimum Gasteiger partial charge on any atom is -0.496 e. The molecule has 1 aromatic rings. The molecule has 0 heterocycles. The van der Waals surface area contributed by atoms with Crippen LogP contribution in [0.25, 0.3) is 0 Å². The fourth-order valence-electron chi connectivity index (χ4n) is 1.80. The average Bonchev–Trinajstić information content (AvgIpc) is 2.28. The molecule has 1 aromatic carbocycles. The van der Waals surface area contributed by atoms with Crippen molar-refractivity contribution in [3.8, 4) is 5.75 Å². The second-order valence-corrected chi connectivity index (χ2v) is 6.63. The highest BCUT2D eigenvalue weighted by Gasteiger charge is 2.14. The van der Waals surface area contributed by atoms with Crippen LogP contribution in [-0.4, -0.2) is 27.5 Å². The monoisotopic (exact) mass is 272 g/mol. The van der Waals surface area contributed by atoms with Gasteiger partial charge in [0.15, 0.2) is 0 Å². The summed E-state index contributed by atoms with van der Waals surface area (Å²) >= 11 is 0. The molecule has 18 heavy (non-hydrogen) atoms. The first-order chi connectivity index (χ1) is 8.37. The average molecular weight is 272 g/mol. The van der Waals surface area contributed by atoms with Crippen molar-refractivity contribution in [1.29, 1.82) is 0 Å². The predicted octanol–water partition coefficient (Wildman–Crippen LogP) is 0.943. The van der Waals surface area contributed by atoms with Gasteiger partial charge in [-0.2, -0.15) is 0 Å². The SMILES string of the molecule is COc1ccc(C(CCS(C)(=O)=O)NN)cc1C. The largest absolute Gasteiger partial charge is 0.496 e. The van der Waals surface area contributed by atoms with Crippen LogP contribution in [0.1, 0.15) is 23.6 Å². The zero-order valence-electron chi connectivity index (χ0n) is 10.9. The van der Waals surface area contributed by atoms with Crippen LogP contribution in [0.5, 0.6) is 5.75 Å². The minimum atomic E-state index is -2.98. The molecule has 3 N–H and O–H groups in total. The molecule has 1 unspecified atom stereocenters. The summed E-state index contributed by atoms with van der Waals surface area (Å²) in [5.74, 6) is 6.39. The van der Waals surface area contributed by atoms with Crippen molar-refractivity contribution < 1.29 is 13.2 Å². The molecular weight excluding hydrogens is 252 g/mol. The fraction of sp³-hybridized carbons (Fsp3) is 0.500. The first-order valence-corrected chi connectivity index (χ1v) is 7.72. The van der Waals surface area contributed by atoms with E-state index < -0.39 is 9.84 Å². The summed E-state index contributed by atoms with van der Waals surface area (Å²) in [6.45, 7) is 1.94. The molecule has 0 aliphatic carbocycles. The molecule has 1 atom stereocenters. The molecule has 1 rings (SSSR count). The second kappa shape index (κ2) is 6.17. The van der Waals surface area contributed by atoms with Gasteiger partial charge in [-0.25, -0.2) is 8.42 Å². The lowest BCUT2D eigenvalue weighted by Crippen LogP contribution is -2.29. The summed E-state index contributed by atoms with van der Waals surface area (Å²) in [6, 6.07) is 5.52. The van der Waals surface area contributed by atoms with Gasteiger partial charge in [-0.3, -0.25) is 11.3 Å². The van der Waals surface area contributed by atoms with Gasteiger partial charge in [0.2, 0.25) is 0 Å². The number of hydrazine groups is 1. The van der Waals surface area contributed by atoms with Gasteiger partial charge in [0.1, 0.15) is 15.6 Å². The van der Waals surface area contributed by atoms with Crippen LogP contribution in [0.4, 0.5) is 0 Å². The fourth-order valence-corrected chi connectivity index (χ4v) is 2.46. The van der Waals surface area contributed by atoms with Crippen LogP contribution >= 0.6 is 0 Å². The maximum Gasteiger partial charge on any atom is 0.147 e. The number of benzene rings is 1. The van der Waals surface area contributed by atoms with Crippen molar-refractivity contribution in [3.05, 3.63) is 29.3 Å². The Morgan fingerprint density at radius 2 is 2.11 bits per heavy atom. The standard InChI is InChI=1S/C12H20N2O3S/c1-9-8-10(4-5-12(9)17-2)11(14-13)6-7-18(3,15)16/h4-5,8,11,14H,6-7,13H2,1-3H3. The van der Waals surface area contributed by atoms with Crippen molar-refractivity contribution in [3.63, 3.8) is 0 Å². The van der Waals surface area contributed by atoms with E-state index in [1.165, 1.54) is 6.26 Å². The van der Waals surface area contributed by atoms with Gasteiger partial charge in [-0.05, 0) is 30.5 Å². The number of sulfone groups is 1. The number of hydrogen-bond acceptors (Lipinski definition) is 5. The Kier molecular flexibility index (Phi) is 5.13. The third-order valence-electron chi connectivity index (χ3n) is 2.80. The molecule has 0 bridgehead atoms. The molecule has 0 saturated carbocycles. The first kappa shape index (κ1) is 14.9. The molecule has 0 spiro atoms. The van der Waals surface area contributed by atoms with Crippen molar-refractivity contribution in [2.45, 2.75) is 19.4 Å². The number of nitrogens with two attached hydrogens (primary N) is 1. The van der Waals surface area contributed by atoms with Crippen LogP contribution in [-0.2, 0) is 9.84 Å². The number of hydrogen-bond donors (Lipinski definition) is 2. The van der Waals surface area contributed by atoms with E-state index in [0.29, 0.717) is 6.42 Å². The number of methoxy groups -OCH3 is 1. The normalized spacial score (nSPS) is 13.3. The summed E-state index contributed by atoms with van der Waals surface area (Å²) in [5, 5.41) is 0. The van der Waals surface area contributed by atoms with E-state index in [9.17, 15) is 8.42 Å². The quantitative estimate of drug-likeness (QED) is 0.595. The smallest absolute Gasteiger partial charge is 0.147 e. The Morgan fingerprint density at radius 1 is 1.44 bits per heavy atom. The number of ether oxygens (including phenoxy) is 1. The number of aryl methyl sites for hydroxylation is 1. The lowest BCUT2D eigenvalue weighted by molar-refractivity contribution is 0.411. The Morgan fingerprint density at radius 3 is 2.56 bits per heavy atom. The van der Waals surface area contributed by atoms with Crippen LogP contribution in [0.2, 0.25) is 0 Å². The van der Waals surface area contributed by atoms with Crippen molar-refractivity contribution in [2.75, 3.05) is 19.1 Å². The molecule has 0 aliphatic heterocycles. The van der Waals surface area contributed by atoms with E-state index in [2.05, 4.69) is 5.43 Å². The van der Waals surface area contributed by atoms with Gasteiger partial charge < -0.3 is 4.74 Å². The van der Waals surface area contributed by atoms with E-state index in [0.717, 1.165) is 16.9 Å². The van der Waals surface area contributed by atoms with Gasteiger partial charge in [-0.15, -0.1) is 0 Å². The highest BCUT2D eigenvalue weighted by atomic mass is 32.2. The molecular formula is C12H20N2O3S. The first-order valence-electron chi connectivity index (χ1n) is 5.65. The Balaban J connectivity index is 2.85. The zero-order valence-corrected chi connectivity index (χ0v) is 11.8. The van der Waals surface area contributed by atoms with Crippen molar-refractivity contribution in [2.24, 2.45) is 5.84 Å². The highest BCUT2D eigenvalue weighted by molar-refractivity contribution is 7.90. The number of nitrogens with one attached hydrogen (secondary N) is 1. The summed E-state index contributed by atoms with van der Waals surface area (Å²) in [4.78, 5) is 0. The summed E-state index contributed by atoms with van der Waals surface area (Å²) in [5.41, 5.74) is 4.60. The predicted molar refractivity (Wildman–Crippen MR) is 72.1 cm³/mol. The Hall–Kier alpha value is -1.11. The molecule has 0 amide bonds. The van der Waals surface area contributed by atoms with E-state index in [1.54, 1.807) is 7.11 Å². The topological polar surface area (TPSA) is 81.4 Å². The summed E-state index contributed by atoms with van der Waals surface area (Å²) in [6.07, 6.45) is 1.67. The molecule has 0 saturated heterocycles. The van der Waals surface area contributed by atoms with Crippen LogP contribution < -0.4 is 16.0 Å². The van der Waals surface area contributed by atoms with Crippen LogP contribution in [0, 0.1) is 6.92 Å². The molecule has 5 nitrogen and oxygen atoms in total. The van der Waals surface area contributed by atoms with Gasteiger partial charge in [0, 0.05) is 12.3 Å². The van der Waals surface area contributed by atoms with Crippen molar-refractivity contribution in [1.82, 2.24) is 5.43 Å². The van der Waals surface area contributed by atoms with E-state index in [4.69, 9.17) is 10.6 Å². The second-order valence-electron chi connectivity index (χ2n) is 4.37. The Labute approximate surface area is 108 Å². The maximum atomic E-state index is 11.2. The summed E-state index contributed by atoms with van der Waals surface area (Å²) < 4.78 is 27.5. The van der Waals surface area contributed by atoms with Crippen molar-refractivity contribution >= 4 is 9.84 Å². The molecule has 0 fully saturated rings. The molecule has 0 radical (unpaired) electrons. The zero-order chi connectivity index (χ0) is 13.8. The third kappa shape index (κ3) is 4.29. The van der Waals surface area contributed by atoms with Crippen LogP contribution in [0.3, 0.4) is 0 Å². The van der Waals surface area contributed by atoms with E-state index >= 15 is 0 Å². The van der Waals surface area contributed by atoms with Crippen LogP contribution in [0.15, 0.2) is 18.2 Å². The van der Waals surface area contributed by atoms with Gasteiger partial charge >= 0.3 is 0 Å². The Bertz CT molecular complexity index is 500. The van der Waals surface area contributed by atoms with Gasteiger partial charge in [0.05, 0.1) is 12.9 Å². The minimum absolute atomic E-state index is 0.104. The van der Waals surface area contributed by atoms with E-state index in [-0.39, 0.29) is 11.8 Å².